The monoisotopic (exact) mass is 265 g/mol. The van der Waals surface area contributed by atoms with E-state index in [9.17, 15) is 0 Å². The van der Waals surface area contributed by atoms with Gasteiger partial charge in [0.15, 0.2) is 0 Å². The Bertz CT molecular complexity index is 739. The Morgan fingerprint density at radius 1 is 1.10 bits per heavy atom. The fourth-order valence-electron chi connectivity index (χ4n) is 2.52. The first-order valence-corrected chi connectivity index (χ1v) is 7.03. The molecule has 0 saturated carbocycles. The Morgan fingerprint density at radius 3 is 2.55 bits per heavy atom. The van der Waals surface area contributed by atoms with Crippen molar-refractivity contribution < 1.29 is 0 Å². The summed E-state index contributed by atoms with van der Waals surface area (Å²) in [4.78, 5) is 4.75. The van der Waals surface area contributed by atoms with Crippen LogP contribution in [0.1, 0.15) is 24.7 Å². The average molecular weight is 265 g/mol. The number of anilines is 1. The number of nitrogen functional groups attached to an aromatic ring is 1. The number of hydrogen-bond donors (Lipinski definition) is 1. The quantitative estimate of drug-likeness (QED) is 0.731. The second-order valence-electron chi connectivity index (χ2n) is 5.20. The molecule has 1 heterocycles. The highest BCUT2D eigenvalue weighted by atomic mass is 15.1. The van der Waals surface area contributed by atoms with Gasteiger partial charge in [0.2, 0.25) is 0 Å². The van der Waals surface area contributed by atoms with Gasteiger partial charge < -0.3 is 5.73 Å². The van der Waals surface area contributed by atoms with E-state index in [0.29, 0.717) is 0 Å². The van der Waals surface area contributed by atoms with Gasteiger partial charge in [-0.2, -0.15) is 0 Å². The van der Waals surface area contributed by atoms with E-state index >= 15 is 0 Å². The van der Waals surface area contributed by atoms with Crippen LogP contribution in [0.25, 0.3) is 16.7 Å². The molecule has 1 aromatic heterocycles. The van der Waals surface area contributed by atoms with Gasteiger partial charge in [-0.05, 0) is 43.7 Å². The lowest BCUT2D eigenvalue weighted by molar-refractivity contribution is 0.818. The van der Waals surface area contributed by atoms with E-state index in [1.54, 1.807) is 0 Å². The molecule has 3 aromatic rings. The zero-order valence-corrected chi connectivity index (χ0v) is 11.9. The largest absolute Gasteiger partial charge is 0.399 e. The van der Waals surface area contributed by atoms with Crippen LogP contribution in [0.3, 0.4) is 0 Å². The van der Waals surface area contributed by atoms with Crippen molar-refractivity contribution in [1.82, 2.24) is 9.55 Å². The summed E-state index contributed by atoms with van der Waals surface area (Å²) in [6.45, 7) is 4.27. The minimum atomic E-state index is 0.758. The van der Waals surface area contributed by atoms with E-state index in [1.807, 2.05) is 12.1 Å². The Balaban J connectivity index is 2.25. The van der Waals surface area contributed by atoms with Crippen molar-refractivity contribution >= 4 is 16.7 Å². The maximum atomic E-state index is 5.87. The van der Waals surface area contributed by atoms with Crippen LogP contribution in [-0.4, -0.2) is 9.55 Å². The molecule has 0 saturated heterocycles. The Kier molecular flexibility index (Phi) is 3.18. The van der Waals surface area contributed by atoms with Gasteiger partial charge in [0.25, 0.3) is 0 Å². The number of nitrogens with zero attached hydrogens (tertiary/aromatic N) is 2. The molecule has 0 spiro atoms. The predicted octanol–water partition coefficient (Wildman–Crippen LogP) is 3.87. The lowest BCUT2D eigenvalue weighted by Gasteiger charge is -2.09. The number of benzene rings is 2. The molecule has 0 fully saturated rings. The summed E-state index contributed by atoms with van der Waals surface area (Å²) in [5, 5.41) is 0. The Morgan fingerprint density at radius 2 is 1.85 bits per heavy atom. The first kappa shape index (κ1) is 12.7. The van der Waals surface area contributed by atoms with Crippen LogP contribution >= 0.6 is 0 Å². The van der Waals surface area contributed by atoms with Crippen LogP contribution in [-0.2, 0) is 6.42 Å². The molecule has 3 nitrogen and oxygen atoms in total. The average Bonchev–Trinajstić information content (AvgIpc) is 2.77. The molecular formula is C17H19N3. The highest BCUT2D eigenvalue weighted by Crippen LogP contribution is 2.24. The summed E-state index contributed by atoms with van der Waals surface area (Å²) in [5.41, 5.74) is 11.1. The number of hydrogen-bond acceptors (Lipinski definition) is 2. The van der Waals surface area contributed by atoms with Crippen LogP contribution in [0.2, 0.25) is 0 Å². The van der Waals surface area contributed by atoms with Gasteiger partial charge in [-0.15, -0.1) is 0 Å². The van der Waals surface area contributed by atoms with Crippen molar-refractivity contribution in [2.24, 2.45) is 0 Å². The van der Waals surface area contributed by atoms with Crippen molar-refractivity contribution in [2.75, 3.05) is 5.73 Å². The molecule has 0 atom stereocenters. The zero-order valence-electron chi connectivity index (χ0n) is 11.9. The van der Waals surface area contributed by atoms with Gasteiger partial charge in [-0.25, -0.2) is 4.98 Å². The normalized spacial score (nSPS) is 11.1. The molecular weight excluding hydrogens is 246 g/mol. The van der Waals surface area contributed by atoms with Crippen LogP contribution < -0.4 is 5.73 Å². The van der Waals surface area contributed by atoms with Crippen molar-refractivity contribution in [3.63, 3.8) is 0 Å². The number of nitrogens with two attached hydrogens (primary N) is 1. The van der Waals surface area contributed by atoms with Crippen LogP contribution in [0.5, 0.6) is 0 Å². The number of aryl methyl sites for hydroxylation is 2. The number of fused-ring (bicyclic) bond motifs is 1. The third kappa shape index (κ3) is 2.16. The van der Waals surface area contributed by atoms with Crippen molar-refractivity contribution in [3.05, 3.63) is 53.9 Å². The zero-order chi connectivity index (χ0) is 14.1. The first-order valence-electron chi connectivity index (χ1n) is 7.03. The lowest BCUT2D eigenvalue weighted by Crippen LogP contribution is -2.01. The topological polar surface area (TPSA) is 43.8 Å². The Hall–Kier alpha value is -2.29. The summed E-state index contributed by atoms with van der Waals surface area (Å²) in [7, 11) is 0. The van der Waals surface area contributed by atoms with Gasteiger partial charge in [0.05, 0.1) is 11.0 Å². The summed E-state index contributed by atoms with van der Waals surface area (Å²) in [6.07, 6.45) is 2.03. The van der Waals surface area contributed by atoms with E-state index in [1.165, 1.54) is 5.56 Å². The van der Waals surface area contributed by atoms with Crippen molar-refractivity contribution in [1.29, 1.82) is 0 Å². The summed E-state index contributed by atoms with van der Waals surface area (Å²) in [5.74, 6) is 1.09. The standard InChI is InChI=1S/C17H19N3/c1-3-4-17-19-15-11-13(18)7-10-16(15)20(17)14-8-5-12(2)6-9-14/h5-11H,3-4,18H2,1-2H3. The lowest BCUT2D eigenvalue weighted by atomic mass is 10.2. The third-order valence-corrected chi connectivity index (χ3v) is 3.51. The highest BCUT2D eigenvalue weighted by molar-refractivity contribution is 5.81. The van der Waals surface area contributed by atoms with Crippen molar-refractivity contribution in [3.8, 4) is 5.69 Å². The molecule has 3 rings (SSSR count). The molecule has 0 aliphatic heterocycles. The van der Waals surface area contributed by atoms with Crippen LogP contribution in [0, 0.1) is 6.92 Å². The summed E-state index contributed by atoms with van der Waals surface area (Å²) in [6, 6.07) is 14.5. The second-order valence-corrected chi connectivity index (χ2v) is 5.20. The number of aromatic nitrogens is 2. The second kappa shape index (κ2) is 5.00. The molecule has 0 radical (unpaired) electrons. The van der Waals surface area contributed by atoms with Crippen LogP contribution in [0.4, 0.5) is 5.69 Å². The minimum absolute atomic E-state index is 0.758. The molecule has 0 bridgehead atoms. The van der Waals surface area contributed by atoms with Crippen molar-refractivity contribution in [2.45, 2.75) is 26.7 Å². The van der Waals surface area contributed by atoms with E-state index in [4.69, 9.17) is 10.7 Å². The molecule has 0 aliphatic carbocycles. The molecule has 0 amide bonds. The fraction of sp³-hybridized carbons (Fsp3) is 0.235. The van der Waals surface area contributed by atoms with E-state index in [0.717, 1.165) is 41.1 Å². The maximum Gasteiger partial charge on any atom is 0.114 e. The minimum Gasteiger partial charge on any atom is -0.399 e. The third-order valence-electron chi connectivity index (χ3n) is 3.51. The van der Waals surface area contributed by atoms with Gasteiger partial charge in [-0.3, -0.25) is 4.57 Å². The van der Waals surface area contributed by atoms with E-state index < -0.39 is 0 Å². The maximum absolute atomic E-state index is 5.87. The molecule has 2 N–H and O–H groups in total. The molecule has 3 heteroatoms. The predicted molar refractivity (Wildman–Crippen MR) is 84.2 cm³/mol. The molecule has 0 aliphatic rings. The highest BCUT2D eigenvalue weighted by Gasteiger charge is 2.11. The van der Waals surface area contributed by atoms with Gasteiger partial charge in [0, 0.05) is 17.8 Å². The number of rotatable bonds is 3. The molecule has 102 valence electrons. The Labute approximate surface area is 119 Å². The van der Waals surface area contributed by atoms with E-state index in [-0.39, 0.29) is 0 Å². The fourth-order valence-corrected chi connectivity index (χ4v) is 2.52. The molecule has 20 heavy (non-hydrogen) atoms. The van der Waals surface area contributed by atoms with Gasteiger partial charge in [0.1, 0.15) is 5.82 Å². The van der Waals surface area contributed by atoms with Gasteiger partial charge in [-0.1, -0.05) is 24.6 Å². The number of imidazole rings is 1. The smallest absolute Gasteiger partial charge is 0.114 e. The summed E-state index contributed by atoms with van der Waals surface area (Å²) < 4.78 is 2.23. The van der Waals surface area contributed by atoms with Crippen LogP contribution in [0.15, 0.2) is 42.5 Å². The molecule has 0 unspecified atom stereocenters. The SMILES string of the molecule is CCCc1nc2cc(N)ccc2n1-c1ccc(C)cc1. The van der Waals surface area contributed by atoms with E-state index in [2.05, 4.69) is 48.7 Å². The van der Waals surface area contributed by atoms with Gasteiger partial charge >= 0.3 is 0 Å². The first-order chi connectivity index (χ1) is 9.69. The molecule has 2 aromatic carbocycles. The summed E-state index contributed by atoms with van der Waals surface area (Å²) >= 11 is 0.